The zero-order valence-electron chi connectivity index (χ0n) is 14.1. The first kappa shape index (κ1) is 15.7. The topological polar surface area (TPSA) is 55.0 Å². The summed E-state index contributed by atoms with van der Waals surface area (Å²) in [5, 5.41) is 0. The molecule has 2 N–H and O–H groups in total. The van der Waals surface area contributed by atoms with Crippen LogP contribution in [0.25, 0.3) is 0 Å². The van der Waals surface area contributed by atoms with Crippen LogP contribution in [0.2, 0.25) is 0 Å². The third-order valence-corrected chi connectivity index (χ3v) is 5.21. The van der Waals surface area contributed by atoms with Crippen LogP contribution < -0.4 is 10.6 Å². The molecule has 2 heterocycles. The van der Waals surface area contributed by atoms with Gasteiger partial charge in [0.25, 0.3) is 0 Å². The first-order chi connectivity index (χ1) is 10.6. The van der Waals surface area contributed by atoms with Gasteiger partial charge in [-0.2, -0.15) is 0 Å². The average molecular weight is 302 g/mol. The van der Waals surface area contributed by atoms with Crippen molar-refractivity contribution >= 4 is 5.69 Å². The zero-order valence-corrected chi connectivity index (χ0v) is 14.1. The summed E-state index contributed by atoms with van der Waals surface area (Å²) in [6, 6.07) is 0.366. The minimum atomic E-state index is 0.366. The molecule has 0 aromatic carbocycles. The van der Waals surface area contributed by atoms with Gasteiger partial charge < -0.3 is 10.6 Å². The second-order valence-electron chi connectivity index (χ2n) is 7.31. The van der Waals surface area contributed by atoms with Crippen LogP contribution in [0.4, 0.5) is 5.69 Å². The molecular weight excluding hydrogens is 272 g/mol. The van der Waals surface area contributed by atoms with Crippen molar-refractivity contribution in [1.29, 1.82) is 0 Å². The Labute approximate surface area is 134 Å². The fourth-order valence-electron chi connectivity index (χ4n) is 3.74. The van der Waals surface area contributed by atoms with E-state index < -0.39 is 0 Å². The summed E-state index contributed by atoms with van der Waals surface area (Å²) in [6.45, 7) is 6.45. The molecule has 0 spiro atoms. The van der Waals surface area contributed by atoms with E-state index >= 15 is 0 Å². The summed E-state index contributed by atoms with van der Waals surface area (Å²) >= 11 is 0. The van der Waals surface area contributed by atoms with E-state index in [1.165, 1.54) is 43.5 Å². The molecule has 122 valence electrons. The van der Waals surface area contributed by atoms with E-state index in [9.17, 15) is 0 Å². The molecule has 0 atom stereocenters. The largest absolute Gasteiger partial charge is 0.369 e. The molecule has 3 rings (SSSR count). The first-order valence-corrected chi connectivity index (χ1v) is 9.02. The Kier molecular flexibility index (Phi) is 4.97. The third kappa shape index (κ3) is 3.43. The molecule has 0 unspecified atom stereocenters. The average Bonchev–Trinajstić information content (AvgIpc) is 2.56. The SMILES string of the molecule is CC(C)c1ncc(N2CCC(N)CC2)c(C2CCCCC2)n1. The number of hydrogen-bond acceptors (Lipinski definition) is 4. The number of piperidine rings is 1. The molecule has 1 aromatic heterocycles. The van der Waals surface area contributed by atoms with E-state index in [0.717, 1.165) is 31.8 Å². The van der Waals surface area contributed by atoms with Crippen molar-refractivity contribution in [3.05, 3.63) is 17.7 Å². The second-order valence-corrected chi connectivity index (χ2v) is 7.31. The normalized spacial score (nSPS) is 21.5. The summed E-state index contributed by atoms with van der Waals surface area (Å²) in [4.78, 5) is 12.1. The van der Waals surface area contributed by atoms with Gasteiger partial charge in [-0.3, -0.25) is 0 Å². The Bertz CT molecular complexity index is 486. The van der Waals surface area contributed by atoms with Crippen LogP contribution in [-0.4, -0.2) is 29.1 Å². The first-order valence-electron chi connectivity index (χ1n) is 9.02. The van der Waals surface area contributed by atoms with Gasteiger partial charge in [0.1, 0.15) is 5.82 Å². The highest BCUT2D eigenvalue weighted by molar-refractivity contribution is 5.51. The number of anilines is 1. The molecular formula is C18H30N4. The maximum atomic E-state index is 6.06. The summed E-state index contributed by atoms with van der Waals surface area (Å²) in [5.74, 6) is 2.02. The van der Waals surface area contributed by atoms with Crippen LogP contribution >= 0.6 is 0 Å². The van der Waals surface area contributed by atoms with E-state index in [1.54, 1.807) is 0 Å². The minimum absolute atomic E-state index is 0.366. The van der Waals surface area contributed by atoms with E-state index in [4.69, 9.17) is 10.7 Å². The van der Waals surface area contributed by atoms with Gasteiger partial charge in [0.05, 0.1) is 17.6 Å². The van der Waals surface area contributed by atoms with Crippen LogP contribution in [0.3, 0.4) is 0 Å². The highest BCUT2D eigenvalue weighted by atomic mass is 15.2. The Morgan fingerprint density at radius 1 is 1.09 bits per heavy atom. The van der Waals surface area contributed by atoms with Crippen molar-refractivity contribution in [2.75, 3.05) is 18.0 Å². The number of nitrogens with two attached hydrogens (primary N) is 1. The second kappa shape index (κ2) is 6.95. The summed E-state index contributed by atoms with van der Waals surface area (Å²) in [5.41, 5.74) is 8.66. The van der Waals surface area contributed by atoms with Gasteiger partial charge in [0.2, 0.25) is 0 Å². The molecule has 1 aromatic rings. The van der Waals surface area contributed by atoms with Crippen molar-refractivity contribution in [2.24, 2.45) is 5.73 Å². The van der Waals surface area contributed by atoms with E-state index in [0.29, 0.717) is 17.9 Å². The summed E-state index contributed by atoms with van der Waals surface area (Å²) < 4.78 is 0. The van der Waals surface area contributed by atoms with Gasteiger partial charge in [-0.05, 0) is 25.7 Å². The van der Waals surface area contributed by atoms with Crippen molar-refractivity contribution in [2.45, 2.75) is 76.7 Å². The molecule has 1 saturated heterocycles. The maximum absolute atomic E-state index is 6.06. The lowest BCUT2D eigenvalue weighted by Gasteiger charge is -2.34. The van der Waals surface area contributed by atoms with Crippen LogP contribution in [0.15, 0.2) is 6.20 Å². The monoisotopic (exact) mass is 302 g/mol. The maximum Gasteiger partial charge on any atom is 0.131 e. The lowest BCUT2D eigenvalue weighted by atomic mass is 9.85. The zero-order chi connectivity index (χ0) is 15.5. The van der Waals surface area contributed by atoms with Gasteiger partial charge in [0.15, 0.2) is 0 Å². The van der Waals surface area contributed by atoms with E-state index in [1.807, 2.05) is 0 Å². The molecule has 1 saturated carbocycles. The lowest BCUT2D eigenvalue weighted by Crippen LogP contribution is -2.40. The third-order valence-electron chi connectivity index (χ3n) is 5.21. The van der Waals surface area contributed by atoms with Crippen LogP contribution in [0.1, 0.15) is 82.1 Å². The quantitative estimate of drug-likeness (QED) is 0.927. The fraction of sp³-hybridized carbons (Fsp3) is 0.778. The van der Waals surface area contributed by atoms with Crippen molar-refractivity contribution in [3.63, 3.8) is 0 Å². The number of nitrogens with zero attached hydrogens (tertiary/aromatic N) is 3. The standard InChI is InChI=1S/C18H30N4/c1-13(2)18-20-12-16(22-10-8-15(19)9-11-22)17(21-18)14-6-4-3-5-7-14/h12-15H,3-11,19H2,1-2H3. The molecule has 4 heteroatoms. The fourth-order valence-corrected chi connectivity index (χ4v) is 3.74. The van der Waals surface area contributed by atoms with Gasteiger partial charge in [0, 0.05) is 31.0 Å². The molecule has 2 aliphatic rings. The highest BCUT2D eigenvalue weighted by Gasteiger charge is 2.26. The van der Waals surface area contributed by atoms with Crippen LogP contribution in [0.5, 0.6) is 0 Å². The van der Waals surface area contributed by atoms with E-state index in [2.05, 4.69) is 29.9 Å². The Balaban J connectivity index is 1.90. The van der Waals surface area contributed by atoms with Gasteiger partial charge in [-0.15, -0.1) is 0 Å². The molecule has 1 aliphatic heterocycles. The molecule has 22 heavy (non-hydrogen) atoms. The number of hydrogen-bond donors (Lipinski definition) is 1. The Morgan fingerprint density at radius 2 is 1.77 bits per heavy atom. The minimum Gasteiger partial charge on any atom is -0.369 e. The number of aromatic nitrogens is 2. The van der Waals surface area contributed by atoms with Crippen LogP contribution in [-0.2, 0) is 0 Å². The molecule has 0 radical (unpaired) electrons. The smallest absolute Gasteiger partial charge is 0.131 e. The predicted molar refractivity (Wildman–Crippen MR) is 91.4 cm³/mol. The van der Waals surface area contributed by atoms with Gasteiger partial charge in [-0.1, -0.05) is 33.1 Å². The molecule has 2 fully saturated rings. The lowest BCUT2D eigenvalue weighted by molar-refractivity contribution is 0.431. The molecule has 1 aliphatic carbocycles. The van der Waals surface area contributed by atoms with E-state index in [-0.39, 0.29) is 0 Å². The molecule has 0 amide bonds. The summed E-state index contributed by atoms with van der Waals surface area (Å²) in [7, 11) is 0. The van der Waals surface area contributed by atoms with Crippen molar-refractivity contribution in [3.8, 4) is 0 Å². The Hall–Kier alpha value is -1.16. The highest BCUT2D eigenvalue weighted by Crippen LogP contribution is 2.37. The van der Waals surface area contributed by atoms with Gasteiger partial charge in [-0.25, -0.2) is 9.97 Å². The number of rotatable bonds is 3. The predicted octanol–water partition coefficient (Wildman–Crippen LogP) is 3.58. The van der Waals surface area contributed by atoms with Crippen molar-refractivity contribution < 1.29 is 0 Å². The molecule has 0 bridgehead atoms. The van der Waals surface area contributed by atoms with Crippen molar-refractivity contribution in [1.82, 2.24) is 9.97 Å². The molecule has 4 nitrogen and oxygen atoms in total. The van der Waals surface area contributed by atoms with Gasteiger partial charge >= 0.3 is 0 Å². The summed E-state index contributed by atoms with van der Waals surface area (Å²) in [6.07, 6.45) is 10.9. The Morgan fingerprint density at radius 3 is 2.41 bits per heavy atom. The van der Waals surface area contributed by atoms with Crippen LogP contribution in [0, 0.1) is 0 Å².